The molecule has 4 heterocycles. The first-order valence-corrected chi connectivity index (χ1v) is 8.50. The Bertz CT molecular complexity index is 841. The molecule has 0 spiro atoms. The van der Waals surface area contributed by atoms with Crippen molar-refractivity contribution in [2.75, 3.05) is 13.1 Å². The maximum atomic E-state index is 4.69. The zero-order chi connectivity index (χ0) is 16.5. The minimum atomic E-state index is 0.464. The van der Waals surface area contributed by atoms with Gasteiger partial charge in [-0.05, 0) is 39.3 Å². The average molecular weight is 322 g/mol. The highest BCUT2D eigenvalue weighted by molar-refractivity contribution is 5.47. The SMILES string of the molecule is Cc1cc(C)n2ncc(CN3CCC[C@@H](c4cnccn4)C3)c2n1. The summed E-state index contributed by atoms with van der Waals surface area (Å²) in [5.74, 6) is 0.464. The first-order valence-electron chi connectivity index (χ1n) is 8.50. The molecule has 0 amide bonds. The highest BCUT2D eigenvalue weighted by Gasteiger charge is 2.23. The number of fused-ring (bicyclic) bond motifs is 1. The summed E-state index contributed by atoms with van der Waals surface area (Å²) in [4.78, 5) is 15.9. The Balaban J connectivity index is 1.55. The quantitative estimate of drug-likeness (QED) is 0.741. The molecule has 0 N–H and O–H groups in total. The molecule has 6 nitrogen and oxygen atoms in total. The first-order chi connectivity index (χ1) is 11.7. The summed E-state index contributed by atoms with van der Waals surface area (Å²) in [6.07, 6.45) is 9.75. The van der Waals surface area contributed by atoms with Crippen LogP contribution >= 0.6 is 0 Å². The van der Waals surface area contributed by atoms with Crippen LogP contribution in [0, 0.1) is 13.8 Å². The zero-order valence-electron chi connectivity index (χ0n) is 14.2. The lowest BCUT2D eigenvalue weighted by Crippen LogP contribution is -2.34. The molecule has 0 unspecified atom stereocenters. The highest BCUT2D eigenvalue weighted by atomic mass is 15.3. The van der Waals surface area contributed by atoms with Gasteiger partial charge in [-0.1, -0.05) is 0 Å². The van der Waals surface area contributed by atoms with Crippen molar-refractivity contribution in [2.45, 2.75) is 39.2 Å². The Hall–Kier alpha value is -2.34. The van der Waals surface area contributed by atoms with Gasteiger partial charge in [0.25, 0.3) is 0 Å². The maximum absolute atomic E-state index is 4.69. The fourth-order valence-corrected chi connectivity index (χ4v) is 3.63. The monoisotopic (exact) mass is 322 g/mol. The van der Waals surface area contributed by atoms with Crippen molar-refractivity contribution in [3.8, 4) is 0 Å². The summed E-state index contributed by atoms with van der Waals surface area (Å²) in [6, 6.07) is 2.06. The van der Waals surface area contributed by atoms with E-state index in [2.05, 4.69) is 33.0 Å². The topological polar surface area (TPSA) is 59.2 Å². The lowest BCUT2D eigenvalue weighted by molar-refractivity contribution is 0.199. The molecule has 0 aromatic carbocycles. The van der Waals surface area contributed by atoms with Gasteiger partial charge >= 0.3 is 0 Å². The molecular formula is C18H22N6. The van der Waals surface area contributed by atoms with E-state index in [0.29, 0.717) is 5.92 Å². The van der Waals surface area contributed by atoms with Crippen LogP contribution in [0.2, 0.25) is 0 Å². The van der Waals surface area contributed by atoms with Crippen LogP contribution in [-0.2, 0) is 6.54 Å². The molecule has 6 heteroatoms. The molecule has 124 valence electrons. The standard InChI is InChI=1S/C18H22N6/c1-13-8-14(2)24-18(22-13)16(9-21-24)12-23-7-3-4-15(11-23)17-10-19-5-6-20-17/h5-6,8-10,15H,3-4,7,11-12H2,1-2H3/t15-/m1/s1. The van der Waals surface area contributed by atoms with E-state index < -0.39 is 0 Å². The molecule has 0 saturated carbocycles. The van der Waals surface area contributed by atoms with Crippen molar-refractivity contribution in [3.05, 3.63) is 53.5 Å². The van der Waals surface area contributed by atoms with Gasteiger partial charge in [-0.25, -0.2) is 9.50 Å². The van der Waals surface area contributed by atoms with E-state index in [1.807, 2.05) is 23.8 Å². The normalized spacial score (nSPS) is 19.0. The zero-order valence-corrected chi connectivity index (χ0v) is 14.2. The largest absolute Gasteiger partial charge is 0.298 e. The second-order valence-corrected chi connectivity index (χ2v) is 6.65. The molecule has 0 bridgehead atoms. The number of nitrogens with zero attached hydrogens (tertiary/aromatic N) is 6. The van der Waals surface area contributed by atoms with E-state index in [1.54, 1.807) is 12.4 Å². The molecule has 0 radical (unpaired) electrons. The van der Waals surface area contributed by atoms with E-state index in [4.69, 9.17) is 4.98 Å². The van der Waals surface area contributed by atoms with Crippen molar-refractivity contribution in [1.82, 2.24) is 29.5 Å². The Morgan fingerprint density at radius 2 is 2.12 bits per heavy atom. The second-order valence-electron chi connectivity index (χ2n) is 6.65. The van der Waals surface area contributed by atoms with Gasteiger partial charge in [-0.2, -0.15) is 5.10 Å². The number of piperidine rings is 1. The molecule has 24 heavy (non-hydrogen) atoms. The molecular weight excluding hydrogens is 300 g/mol. The van der Waals surface area contributed by atoms with Gasteiger partial charge in [0, 0.05) is 54.5 Å². The predicted molar refractivity (Wildman–Crippen MR) is 91.7 cm³/mol. The molecule has 4 rings (SSSR count). The van der Waals surface area contributed by atoms with E-state index in [1.165, 1.54) is 18.4 Å². The van der Waals surface area contributed by atoms with Gasteiger partial charge in [0.1, 0.15) is 0 Å². The molecule has 1 aliphatic heterocycles. The Morgan fingerprint density at radius 1 is 1.21 bits per heavy atom. The van der Waals surface area contributed by atoms with Gasteiger partial charge in [0.15, 0.2) is 5.65 Å². The Labute approximate surface area is 141 Å². The molecule has 0 aliphatic carbocycles. The van der Waals surface area contributed by atoms with Crippen molar-refractivity contribution >= 4 is 5.65 Å². The van der Waals surface area contributed by atoms with Crippen LogP contribution in [0.15, 0.2) is 30.9 Å². The lowest BCUT2D eigenvalue weighted by atomic mass is 9.95. The molecule has 1 saturated heterocycles. The summed E-state index contributed by atoms with van der Waals surface area (Å²) < 4.78 is 1.94. The van der Waals surface area contributed by atoms with E-state index in [9.17, 15) is 0 Å². The molecule has 1 atom stereocenters. The number of rotatable bonds is 3. The minimum absolute atomic E-state index is 0.464. The maximum Gasteiger partial charge on any atom is 0.159 e. The Kier molecular flexibility index (Phi) is 3.98. The third-order valence-electron chi connectivity index (χ3n) is 4.75. The fraction of sp³-hybridized carbons (Fsp3) is 0.444. The summed E-state index contributed by atoms with van der Waals surface area (Å²) in [7, 11) is 0. The van der Waals surface area contributed by atoms with Crippen molar-refractivity contribution in [3.63, 3.8) is 0 Å². The summed E-state index contributed by atoms with van der Waals surface area (Å²) in [5.41, 5.74) is 5.44. The van der Waals surface area contributed by atoms with Crippen LogP contribution in [0.25, 0.3) is 5.65 Å². The third kappa shape index (κ3) is 2.89. The minimum Gasteiger partial charge on any atom is -0.298 e. The van der Waals surface area contributed by atoms with Crippen LogP contribution in [-0.4, -0.2) is 42.6 Å². The fourth-order valence-electron chi connectivity index (χ4n) is 3.63. The molecule has 3 aromatic heterocycles. The number of hydrogen-bond acceptors (Lipinski definition) is 5. The number of hydrogen-bond donors (Lipinski definition) is 0. The van der Waals surface area contributed by atoms with Gasteiger partial charge < -0.3 is 0 Å². The van der Waals surface area contributed by atoms with Crippen molar-refractivity contribution < 1.29 is 0 Å². The average Bonchev–Trinajstić information content (AvgIpc) is 2.99. The van der Waals surface area contributed by atoms with E-state index in [-0.39, 0.29) is 0 Å². The lowest BCUT2D eigenvalue weighted by Gasteiger charge is -2.32. The number of likely N-dealkylation sites (tertiary alicyclic amines) is 1. The highest BCUT2D eigenvalue weighted by Crippen LogP contribution is 2.26. The molecule has 1 fully saturated rings. The summed E-state index contributed by atoms with van der Waals surface area (Å²) in [6.45, 7) is 7.12. The van der Waals surface area contributed by atoms with Crippen LogP contribution in [0.5, 0.6) is 0 Å². The van der Waals surface area contributed by atoms with E-state index >= 15 is 0 Å². The summed E-state index contributed by atoms with van der Waals surface area (Å²) in [5, 5.41) is 4.51. The van der Waals surface area contributed by atoms with Crippen molar-refractivity contribution in [2.24, 2.45) is 0 Å². The predicted octanol–water partition coefficient (Wildman–Crippen LogP) is 2.52. The third-order valence-corrected chi connectivity index (χ3v) is 4.75. The second kappa shape index (κ2) is 6.28. The molecule has 3 aromatic rings. The van der Waals surface area contributed by atoms with Crippen LogP contribution in [0.1, 0.15) is 41.4 Å². The van der Waals surface area contributed by atoms with Crippen LogP contribution < -0.4 is 0 Å². The van der Waals surface area contributed by atoms with Gasteiger partial charge in [0.2, 0.25) is 0 Å². The number of aryl methyl sites for hydroxylation is 2. The van der Waals surface area contributed by atoms with Gasteiger partial charge in [-0.3, -0.25) is 14.9 Å². The first kappa shape index (κ1) is 15.2. The van der Waals surface area contributed by atoms with Gasteiger partial charge in [-0.15, -0.1) is 0 Å². The van der Waals surface area contributed by atoms with E-state index in [0.717, 1.165) is 42.4 Å². The number of aromatic nitrogens is 5. The summed E-state index contributed by atoms with van der Waals surface area (Å²) >= 11 is 0. The van der Waals surface area contributed by atoms with Crippen molar-refractivity contribution in [1.29, 1.82) is 0 Å². The molecule has 1 aliphatic rings. The van der Waals surface area contributed by atoms with Crippen LogP contribution in [0.3, 0.4) is 0 Å². The van der Waals surface area contributed by atoms with Gasteiger partial charge in [0.05, 0.1) is 11.9 Å². The smallest absolute Gasteiger partial charge is 0.159 e. The Morgan fingerprint density at radius 3 is 2.96 bits per heavy atom. The van der Waals surface area contributed by atoms with Crippen LogP contribution in [0.4, 0.5) is 0 Å².